The Morgan fingerprint density at radius 1 is 1.32 bits per heavy atom. The van der Waals surface area contributed by atoms with E-state index in [0.717, 1.165) is 0 Å². The second-order valence-corrected chi connectivity index (χ2v) is 4.46. The summed E-state index contributed by atoms with van der Waals surface area (Å²) in [5, 5.41) is 11.0. The van der Waals surface area contributed by atoms with Gasteiger partial charge in [-0.2, -0.15) is 0 Å². The number of carbonyl (C=O) groups is 2. The van der Waals surface area contributed by atoms with Crippen molar-refractivity contribution in [3.05, 3.63) is 33.8 Å². The van der Waals surface area contributed by atoms with Crippen LogP contribution in [0.4, 0.5) is 8.78 Å². The van der Waals surface area contributed by atoms with Crippen molar-refractivity contribution in [2.24, 2.45) is 0 Å². The van der Waals surface area contributed by atoms with Gasteiger partial charge < -0.3 is 10.4 Å². The predicted molar refractivity (Wildman–Crippen MR) is 66.0 cm³/mol. The van der Waals surface area contributed by atoms with Crippen LogP contribution < -0.4 is 5.32 Å². The summed E-state index contributed by atoms with van der Waals surface area (Å²) in [6.45, 7) is 0. The molecule has 0 saturated carbocycles. The zero-order chi connectivity index (χ0) is 14.6. The monoisotopic (exact) mass is 311 g/mol. The van der Waals surface area contributed by atoms with E-state index >= 15 is 0 Å². The lowest BCUT2D eigenvalue weighted by atomic mass is 10.1. The smallest absolute Gasteiger partial charge is 0.326 e. The highest BCUT2D eigenvalue weighted by molar-refractivity contribution is 6.35. The molecule has 104 valence electrons. The second-order valence-electron chi connectivity index (χ2n) is 3.62. The van der Waals surface area contributed by atoms with Crippen LogP contribution in [-0.2, 0) is 4.79 Å². The SMILES string of the molecule is O=C(NC(CC(F)F)C(=O)O)c1cc(Cl)ccc1Cl. The molecule has 0 aromatic heterocycles. The normalized spacial score (nSPS) is 12.3. The molecule has 1 rings (SSSR count). The first-order chi connectivity index (χ1) is 8.81. The number of aliphatic carboxylic acids is 1. The van der Waals surface area contributed by atoms with Crippen LogP contribution in [0.3, 0.4) is 0 Å². The number of benzene rings is 1. The number of alkyl halides is 2. The zero-order valence-electron chi connectivity index (χ0n) is 9.37. The maximum Gasteiger partial charge on any atom is 0.326 e. The zero-order valence-corrected chi connectivity index (χ0v) is 10.9. The summed E-state index contributed by atoms with van der Waals surface area (Å²) in [4.78, 5) is 22.5. The second kappa shape index (κ2) is 6.68. The van der Waals surface area contributed by atoms with E-state index in [0.29, 0.717) is 0 Å². The van der Waals surface area contributed by atoms with E-state index in [2.05, 4.69) is 0 Å². The fourth-order valence-electron chi connectivity index (χ4n) is 1.31. The van der Waals surface area contributed by atoms with Gasteiger partial charge in [-0.1, -0.05) is 23.2 Å². The third-order valence-corrected chi connectivity index (χ3v) is 2.76. The Kier molecular flexibility index (Phi) is 5.50. The third-order valence-electron chi connectivity index (χ3n) is 2.19. The van der Waals surface area contributed by atoms with Gasteiger partial charge in [-0.3, -0.25) is 4.79 Å². The first-order valence-electron chi connectivity index (χ1n) is 5.08. The van der Waals surface area contributed by atoms with Crippen molar-refractivity contribution < 1.29 is 23.5 Å². The Balaban J connectivity index is 2.87. The molecule has 0 spiro atoms. The van der Waals surface area contributed by atoms with Crippen molar-refractivity contribution in [3.63, 3.8) is 0 Å². The number of carboxylic acid groups (broad SMARTS) is 1. The van der Waals surface area contributed by atoms with E-state index in [-0.39, 0.29) is 15.6 Å². The van der Waals surface area contributed by atoms with Crippen molar-refractivity contribution in [2.75, 3.05) is 0 Å². The van der Waals surface area contributed by atoms with Crippen LogP contribution in [-0.4, -0.2) is 29.5 Å². The lowest BCUT2D eigenvalue weighted by Crippen LogP contribution is -2.42. The molecule has 2 N–H and O–H groups in total. The Bertz CT molecular complexity index is 497. The molecule has 8 heteroatoms. The van der Waals surface area contributed by atoms with E-state index in [4.69, 9.17) is 28.3 Å². The maximum absolute atomic E-state index is 12.2. The van der Waals surface area contributed by atoms with Gasteiger partial charge in [0.2, 0.25) is 6.43 Å². The summed E-state index contributed by atoms with van der Waals surface area (Å²) in [5.74, 6) is -2.42. The molecule has 0 aliphatic carbocycles. The Labute approximate surface area is 117 Å². The van der Waals surface area contributed by atoms with Gasteiger partial charge in [-0.05, 0) is 18.2 Å². The van der Waals surface area contributed by atoms with Gasteiger partial charge >= 0.3 is 5.97 Å². The van der Waals surface area contributed by atoms with Crippen molar-refractivity contribution in [1.29, 1.82) is 0 Å². The lowest BCUT2D eigenvalue weighted by molar-refractivity contribution is -0.140. The van der Waals surface area contributed by atoms with Gasteiger partial charge in [0, 0.05) is 11.4 Å². The Morgan fingerprint density at radius 2 is 1.95 bits per heavy atom. The first kappa shape index (κ1) is 15.7. The van der Waals surface area contributed by atoms with Crippen molar-refractivity contribution >= 4 is 35.1 Å². The average Bonchev–Trinajstić information content (AvgIpc) is 2.30. The highest BCUT2D eigenvalue weighted by atomic mass is 35.5. The molecule has 0 saturated heterocycles. The molecule has 0 heterocycles. The molecular formula is C11H9Cl2F2NO3. The molecule has 0 fully saturated rings. The van der Waals surface area contributed by atoms with Crippen LogP contribution in [0.5, 0.6) is 0 Å². The molecule has 1 aromatic carbocycles. The van der Waals surface area contributed by atoms with Crippen LogP contribution in [0.15, 0.2) is 18.2 Å². The van der Waals surface area contributed by atoms with Gasteiger partial charge in [0.05, 0.1) is 10.6 Å². The van der Waals surface area contributed by atoms with Crippen LogP contribution in [0, 0.1) is 0 Å². The number of rotatable bonds is 5. The van der Waals surface area contributed by atoms with Crippen LogP contribution in [0.2, 0.25) is 10.0 Å². The summed E-state index contributed by atoms with van der Waals surface area (Å²) in [6.07, 6.45) is -3.84. The standard InChI is InChI=1S/C11H9Cl2F2NO3/c12-5-1-2-7(13)6(3-5)10(17)16-8(11(18)19)4-9(14)15/h1-3,8-9H,4H2,(H,16,17)(H,18,19). The van der Waals surface area contributed by atoms with Gasteiger partial charge in [0.1, 0.15) is 6.04 Å². The maximum atomic E-state index is 12.2. The number of hydrogen-bond acceptors (Lipinski definition) is 2. The Hall–Kier alpha value is -1.40. The van der Waals surface area contributed by atoms with Gasteiger partial charge in [0.15, 0.2) is 0 Å². The largest absolute Gasteiger partial charge is 0.480 e. The minimum absolute atomic E-state index is 0.0445. The van der Waals surface area contributed by atoms with Crippen molar-refractivity contribution in [3.8, 4) is 0 Å². The minimum Gasteiger partial charge on any atom is -0.480 e. The molecule has 19 heavy (non-hydrogen) atoms. The third kappa shape index (κ3) is 4.65. The van der Waals surface area contributed by atoms with E-state index < -0.39 is 30.8 Å². The van der Waals surface area contributed by atoms with Gasteiger partial charge in [-0.25, -0.2) is 13.6 Å². The lowest BCUT2D eigenvalue weighted by Gasteiger charge is -2.14. The van der Waals surface area contributed by atoms with Crippen LogP contribution in [0.25, 0.3) is 0 Å². The van der Waals surface area contributed by atoms with E-state index in [1.165, 1.54) is 18.2 Å². The van der Waals surface area contributed by atoms with Crippen LogP contribution in [0.1, 0.15) is 16.8 Å². The highest BCUT2D eigenvalue weighted by Gasteiger charge is 2.25. The number of carboxylic acids is 1. The molecule has 1 unspecified atom stereocenters. The van der Waals surface area contributed by atoms with Crippen molar-refractivity contribution in [2.45, 2.75) is 18.9 Å². The molecule has 1 aromatic rings. The number of nitrogens with one attached hydrogen (secondary N) is 1. The Morgan fingerprint density at radius 3 is 2.47 bits per heavy atom. The quantitative estimate of drug-likeness (QED) is 0.878. The first-order valence-corrected chi connectivity index (χ1v) is 5.83. The number of halogens is 4. The number of amides is 1. The summed E-state index contributed by atoms with van der Waals surface area (Å²) in [6, 6.07) is 2.32. The predicted octanol–water partition coefficient (Wildman–Crippen LogP) is 2.83. The molecule has 1 amide bonds. The highest BCUT2D eigenvalue weighted by Crippen LogP contribution is 2.20. The molecule has 0 aliphatic rings. The molecule has 1 atom stereocenters. The van der Waals surface area contributed by atoms with E-state index in [9.17, 15) is 18.4 Å². The van der Waals surface area contributed by atoms with E-state index in [1.54, 1.807) is 0 Å². The molecule has 4 nitrogen and oxygen atoms in total. The van der Waals surface area contributed by atoms with Crippen LogP contribution >= 0.6 is 23.2 Å². The van der Waals surface area contributed by atoms with Crippen molar-refractivity contribution in [1.82, 2.24) is 5.32 Å². The topological polar surface area (TPSA) is 66.4 Å². The fraction of sp³-hybridized carbons (Fsp3) is 0.273. The summed E-state index contributed by atoms with van der Waals surface area (Å²) < 4.78 is 24.4. The van der Waals surface area contributed by atoms with Gasteiger partial charge in [-0.15, -0.1) is 0 Å². The summed E-state index contributed by atoms with van der Waals surface area (Å²) in [7, 11) is 0. The summed E-state index contributed by atoms with van der Waals surface area (Å²) in [5.41, 5.74) is -0.0744. The number of carbonyl (C=O) groups excluding carboxylic acids is 1. The molecule has 0 radical (unpaired) electrons. The van der Waals surface area contributed by atoms with Gasteiger partial charge in [0.25, 0.3) is 5.91 Å². The number of hydrogen-bond donors (Lipinski definition) is 2. The molecular weight excluding hydrogens is 303 g/mol. The van der Waals surface area contributed by atoms with E-state index in [1.807, 2.05) is 5.32 Å². The average molecular weight is 312 g/mol. The molecule has 0 aliphatic heterocycles. The molecule has 0 bridgehead atoms. The summed E-state index contributed by atoms with van der Waals surface area (Å²) >= 11 is 11.4. The minimum atomic E-state index is -2.85. The fourth-order valence-corrected chi connectivity index (χ4v) is 1.68.